The van der Waals surface area contributed by atoms with Crippen molar-refractivity contribution in [2.24, 2.45) is 5.92 Å². The van der Waals surface area contributed by atoms with E-state index in [1.165, 1.54) is 17.2 Å². The lowest BCUT2D eigenvalue weighted by Gasteiger charge is -2.44. The summed E-state index contributed by atoms with van der Waals surface area (Å²) in [5.41, 5.74) is 3.81. The molecule has 3 aromatic carbocycles. The molecule has 2 aliphatic rings. The molecule has 0 saturated heterocycles. The average molecular weight is 490 g/mol. The number of benzene rings is 3. The molecule has 190 valence electrons. The third-order valence-electron chi connectivity index (χ3n) is 7.78. The Morgan fingerprint density at radius 3 is 2.58 bits per heavy atom. The van der Waals surface area contributed by atoms with E-state index in [4.69, 9.17) is 9.47 Å². The minimum absolute atomic E-state index is 0.00529. The minimum Gasteiger partial charge on any atom is -0.454 e. The van der Waals surface area contributed by atoms with Gasteiger partial charge in [0, 0.05) is 25.6 Å². The van der Waals surface area contributed by atoms with Crippen LogP contribution in [0.2, 0.25) is 0 Å². The highest BCUT2D eigenvalue weighted by Crippen LogP contribution is 2.45. The third kappa shape index (κ3) is 5.42. The molecule has 2 atom stereocenters. The Kier molecular flexibility index (Phi) is 7.31. The predicted molar refractivity (Wildman–Crippen MR) is 140 cm³/mol. The molecule has 5 heteroatoms. The Morgan fingerprint density at radius 1 is 0.972 bits per heavy atom. The summed E-state index contributed by atoms with van der Waals surface area (Å²) in [7, 11) is 0. The third-order valence-corrected chi connectivity index (χ3v) is 7.78. The van der Waals surface area contributed by atoms with Gasteiger partial charge in [0.05, 0.1) is 5.60 Å². The highest BCUT2D eigenvalue weighted by atomic mass is 19.1. The SMILES string of the molecule is CC(C)[C@@H]1c2ccc(F)cc2CC[C@@]1(O)CCN(CCc1ccc2c(c1)OCO2)Cc1ccccc1. The van der Waals surface area contributed by atoms with E-state index in [1.807, 2.05) is 18.2 Å². The highest BCUT2D eigenvalue weighted by Gasteiger charge is 2.43. The van der Waals surface area contributed by atoms with Crippen molar-refractivity contribution in [3.8, 4) is 11.5 Å². The van der Waals surface area contributed by atoms with Gasteiger partial charge in [-0.15, -0.1) is 0 Å². The van der Waals surface area contributed by atoms with Gasteiger partial charge in [0.15, 0.2) is 11.5 Å². The van der Waals surface area contributed by atoms with Crippen LogP contribution >= 0.6 is 0 Å². The van der Waals surface area contributed by atoms with Crippen LogP contribution in [0.5, 0.6) is 11.5 Å². The van der Waals surface area contributed by atoms with Gasteiger partial charge < -0.3 is 14.6 Å². The van der Waals surface area contributed by atoms with E-state index in [1.54, 1.807) is 6.07 Å². The topological polar surface area (TPSA) is 41.9 Å². The largest absolute Gasteiger partial charge is 0.454 e. The van der Waals surface area contributed by atoms with E-state index < -0.39 is 5.60 Å². The maximum absolute atomic E-state index is 13.9. The number of aliphatic hydroxyl groups is 1. The van der Waals surface area contributed by atoms with Crippen molar-refractivity contribution in [1.82, 2.24) is 4.90 Å². The van der Waals surface area contributed by atoms with Crippen LogP contribution in [0.4, 0.5) is 4.39 Å². The van der Waals surface area contributed by atoms with Gasteiger partial charge in [-0.3, -0.25) is 4.90 Å². The number of nitrogens with zero attached hydrogens (tertiary/aromatic N) is 1. The molecular weight excluding hydrogens is 453 g/mol. The molecule has 0 unspecified atom stereocenters. The molecule has 4 nitrogen and oxygen atoms in total. The minimum atomic E-state index is -0.813. The molecule has 0 amide bonds. The van der Waals surface area contributed by atoms with Gasteiger partial charge in [0.1, 0.15) is 5.82 Å². The normalized spacial score (nSPS) is 20.7. The van der Waals surface area contributed by atoms with Gasteiger partial charge in [-0.2, -0.15) is 0 Å². The van der Waals surface area contributed by atoms with Gasteiger partial charge in [-0.05, 0) is 78.1 Å². The number of halogens is 1. The van der Waals surface area contributed by atoms with Crippen LogP contribution in [0.15, 0.2) is 66.7 Å². The van der Waals surface area contributed by atoms with Crippen LogP contribution in [0.3, 0.4) is 0 Å². The first-order chi connectivity index (χ1) is 17.4. The molecular formula is C31H36FNO3. The summed E-state index contributed by atoms with van der Waals surface area (Å²) in [5.74, 6) is 1.68. The van der Waals surface area contributed by atoms with Gasteiger partial charge in [-0.1, -0.05) is 56.3 Å². The fourth-order valence-corrected chi connectivity index (χ4v) is 6.00. The summed E-state index contributed by atoms with van der Waals surface area (Å²) < 4.78 is 24.9. The lowest BCUT2D eigenvalue weighted by atomic mass is 9.66. The zero-order chi connectivity index (χ0) is 25.1. The predicted octanol–water partition coefficient (Wildman–Crippen LogP) is 6.11. The standard InChI is InChI=1S/C31H36FNO3/c1-22(2)30-27-10-9-26(32)19-25(27)12-14-31(30,34)15-17-33(20-24-6-4-3-5-7-24)16-13-23-8-11-28-29(18-23)36-21-35-28/h3-11,18-19,22,30,34H,12-17,20-21H2,1-2H3/t30-,31-/m1/s1. The number of ether oxygens (including phenoxy) is 2. The number of hydrogen-bond donors (Lipinski definition) is 1. The van der Waals surface area contributed by atoms with E-state index in [-0.39, 0.29) is 24.4 Å². The Bertz CT molecular complexity index is 1180. The molecule has 0 radical (unpaired) electrons. The maximum atomic E-state index is 13.9. The summed E-state index contributed by atoms with van der Waals surface area (Å²) in [5, 5.41) is 12.0. The molecule has 0 spiro atoms. The van der Waals surface area contributed by atoms with Crippen LogP contribution in [-0.4, -0.2) is 35.5 Å². The van der Waals surface area contributed by atoms with Crippen molar-refractivity contribution < 1.29 is 19.0 Å². The molecule has 1 aliphatic carbocycles. The molecule has 5 rings (SSSR count). The molecule has 1 aliphatic heterocycles. The number of fused-ring (bicyclic) bond motifs is 2. The lowest BCUT2D eigenvalue weighted by Crippen LogP contribution is -2.45. The number of hydrogen-bond acceptors (Lipinski definition) is 4. The first-order valence-electron chi connectivity index (χ1n) is 13.1. The van der Waals surface area contributed by atoms with Crippen LogP contribution in [0.1, 0.15) is 54.9 Å². The maximum Gasteiger partial charge on any atom is 0.231 e. The van der Waals surface area contributed by atoms with Crippen LogP contribution < -0.4 is 9.47 Å². The molecule has 0 saturated carbocycles. The van der Waals surface area contributed by atoms with Crippen molar-refractivity contribution in [3.05, 3.63) is 94.8 Å². The smallest absolute Gasteiger partial charge is 0.231 e. The first-order valence-corrected chi connectivity index (χ1v) is 13.1. The second-order valence-electron chi connectivity index (χ2n) is 10.6. The van der Waals surface area contributed by atoms with E-state index >= 15 is 0 Å². The Morgan fingerprint density at radius 2 is 1.78 bits per heavy atom. The number of aryl methyl sites for hydroxylation is 1. The molecule has 0 bridgehead atoms. The average Bonchev–Trinajstić information content (AvgIpc) is 3.34. The molecule has 36 heavy (non-hydrogen) atoms. The first kappa shape index (κ1) is 24.8. The van der Waals surface area contributed by atoms with E-state index in [0.29, 0.717) is 19.3 Å². The van der Waals surface area contributed by atoms with E-state index in [9.17, 15) is 9.50 Å². The van der Waals surface area contributed by atoms with Crippen molar-refractivity contribution in [1.29, 1.82) is 0 Å². The molecule has 1 heterocycles. The molecule has 1 N–H and O–H groups in total. The molecule has 3 aromatic rings. The second kappa shape index (κ2) is 10.6. The van der Waals surface area contributed by atoms with Crippen molar-refractivity contribution in [2.75, 3.05) is 19.9 Å². The summed E-state index contributed by atoms with van der Waals surface area (Å²) in [6.45, 7) is 7.10. The van der Waals surface area contributed by atoms with Gasteiger partial charge in [-0.25, -0.2) is 4.39 Å². The van der Waals surface area contributed by atoms with Crippen molar-refractivity contribution >= 4 is 0 Å². The van der Waals surface area contributed by atoms with Crippen LogP contribution in [-0.2, 0) is 19.4 Å². The van der Waals surface area contributed by atoms with Crippen LogP contribution in [0.25, 0.3) is 0 Å². The fraction of sp³-hybridized carbons (Fsp3) is 0.419. The Hall–Kier alpha value is -2.89. The Balaban J connectivity index is 1.32. The monoisotopic (exact) mass is 489 g/mol. The summed E-state index contributed by atoms with van der Waals surface area (Å²) in [6, 6.07) is 21.7. The summed E-state index contributed by atoms with van der Waals surface area (Å²) in [6.07, 6.45) is 2.94. The fourth-order valence-electron chi connectivity index (χ4n) is 6.00. The molecule has 0 fully saturated rings. The quantitative estimate of drug-likeness (QED) is 0.394. The zero-order valence-electron chi connectivity index (χ0n) is 21.3. The van der Waals surface area contributed by atoms with Gasteiger partial charge >= 0.3 is 0 Å². The summed E-state index contributed by atoms with van der Waals surface area (Å²) in [4.78, 5) is 2.44. The lowest BCUT2D eigenvalue weighted by molar-refractivity contribution is -0.0318. The number of rotatable bonds is 9. The van der Waals surface area contributed by atoms with Crippen LogP contribution in [0, 0.1) is 11.7 Å². The Labute approximate surface area is 213 Å². The van der Waals surface area contributed by atoms with Gasteiger partial charge in [0.2, 0.25) is 6.79 Å². The van der Waals surface area contributed by atoms with Crippen molar-refractivity contribution in [3.63, 3.8) is 0 Å². The molecule has 0 aromatic heterocycles. The zero-order valence-corrected chi connectivity index (χ0v) is 21.3. The van der Waals surface area contributed by atoms with E-state index in [0.717, 1.165) is 48.7 Å². The highest BCUT2D eigenvalue weighted by molar-refractivity contribution is 5.44. The summed E-state index contributed by atoms with van der Waals surface area (Å²) >= 11 is 0. The van der Waals surface area contributed by atoms with Gasteiger partial charge in [0.25, 0.3) is 0 Å². The van der Waals surface area contributed by atoms with E-state index in [2.05, 4.69) is 55.1 Å². The second-order valence-corrected chi connectivity index (χ2v) is 10.6. The van der Waals surface area contributed by atoms with Crippen molar-refractivity contribution in [2.45, 2.75) is 57.6 Å².